The van der Waals surface area contributed by atoms with E-state index in [9.17, 15) is 4.79 Å². The number of aromatic nitrogens is 2. The topological polar surface area (TPSA) is 49.3 Å². The normalized spacial score (nSPS) is 21.1. The van der Waals surface area contributed by atoms with Gasteiger partial charge in [0.05, 0.1) is 16.6 Å². The average molecular weight is 421 g/mol. The van der Waals surface area contributed by atoms with Crippen LogP contribution < -0.4 is 4.90 Å². The summed E-state index contributed by atoms with van der Waals surface area (Å²) < 4.78 is 0. The molecule has 2 saturated heterocycles. The van der Waals surface area contributed by atoms with Crippen molar-refractivity contribution in [3.8, 4) is 0 Å². The molecule has 0 saturated carbocycles. The molecule has 1 amide bonds. The summed E-state index contributed by atoms with van der Waals surface area (Å²) in [6.45, 7) is 2.70. The van der Waals surface area contributed by atoms with Gasteiger partial charge in [-0.1, -0.05) is 23.7 Å². The fraction of sp³-hybridized carbons (Fsp3) is 0.375. The summed E-state index contributed by atoms with van der Waals surface area (Å²) in [6.07, 6.45) is 8.08. The Morgan fingerprint density at radius 3 is 2.57 bits per heavy atom. The molecule has 1 aromatic heterocycles. The van der Waals surface area contributed by atoms with Crippen LogP contribution in [0.5, 0.6) is 0 Å². The smallest absolute Gasteiger partial charge is 0.222 e. The fourth-order valence-corrected chi connectivity index (χ4v) is 5.00. The van der Waals surface area contributed by atoms with Crippen molar-refractivity contribution in [2.24, 2.45) is 0 Å². The number of likely N-dealkylation sites (tertiary alicyclic amines) is 1. The van der Waals surface area contributed by atoms with Crippen molar-refractivity contribution in [1.82, 2.24) is 14.9 Å². The van der Waals surface area contributed by atoms with Crippen LogP contribution >= 0.6 is 11.6 Å². The van der Waals surface area contributed by atoms with Crippen molar-refractivity contribution in [1.29, 1.82) is 0 Å². The van der Waals surface area contributed by atoms with Crippen LogP contribution in [0.4, 0.5) is 5.69 Å². The van der Waals surface area contributed by atoms with Gasteiger partial charge in [-0.3, -0.25) is 14.8 Å². The highest BCUT2D eigenvalue weighted by molar-refractivity contribution is 6.30. The van der Waals surface area contributed by atoms with E-state index in [0.717, 1.165) is 66.9 Å². The summed E-state index contributed by atoms with van der Waals surface area (Å²) in [5.74, 6) is 0.250. The van der Waals surface area contributed by atoms with Gasteiger partial charge in [-0.15, -0.1) is 0 Å². The van der Waals surface area contributed by atoms with Gasteiger partial charge in [-0.2, -0.15) is 0 Å². The predicted molar refractivity (Wildman–Crippen MR) is 120 cm³/mol. The Labute approximate surface area is 181 Å². The van der Waals surface area contributed by atoms with Gasteiger partial charge in [-0.05, 0) is 61.6 Å². The summed E-state index contributed by atoms with van der Waals surface area (Å²) in [5.41, 5.74) is 4.23. The van der Waals surface area contributed by atoms with Crippen LogP contribution in [0.1, 0.15) is 31.2 Å². The van der Waals surface area contributed by atoms with Crippen LogP contribution in [0.25, 0.3) is 11.0 Å². The number of hydrogen-bond acceptors (Lipinski definition) is 4. The number of halogens is 1. The molecule has 0 radical (unpaired) electrons. The Hall–Kier alpha value is -2.66. The summed E-state index contributed by atoms with van der Waals surface area (Å²) in [4.78, 5) is 26.3. The molecule has 2 aliphatic rings. The lowest BCUT2D eigenvalue weighted by atomic mass is 9.77. The summed E-state index contributed by atoms with van der Waals surface area (Å²) in [6, 6.07) is 14.1. The Morgan fingerprint density at radius 2 is 1.80 bits per heavy atom. The molecular formula is C24H25ClN4O. The third kappa shape index (κ3) is 3.63. The minimum atomic E-state index is 0.0596. The van der Waals surface area contributed by atoms with Gasteiger partial charge in [0, 0.05) is 49.2 Å². The standard InChI is InChI=1S/C24H25ClN4O/c25-19-5-2-18(3-6-19)4-9-23(30)28-14-1-10-24(17-28)11-15-29(24)20-7-8-21-22(16-20)27-13-12-26-21/h2-3,5-8,12-13,16H,1,4,9-11,14-15,17H2/t24-/m0/s1. The molecule has 5 nitrogen and oxygen atoms in total. The van der Waals surface area contributed by atoms with Crippen LogP contribution in [-0.4, -0.2) is 45.9 Å². The lowest BCUT2D eigenvalue weighted by molar-refractivity contribution is -0.134. The molecule has 6 heteroatoms. The molecule has 2 aliphatic heterocycles. The molecule has 2 fully saturated rings. The lowest BCUT2D eigenvalue weighted by Crippen LogP contribution is -2.68. The minimum absolute atomic E-state index is 0.0596. The number of amides is 1. The third-order valence-corrected chi connectivity index (χ3v) is 6.84. The van der Waals surface area contributed by atoms with Gasteiger partial charge >= 0.3 is 0 Å². The van der Waals surface area contributed by atoms with Crippen molar-refractivity contribution in [3.63, 3.8) is 0 Å². The first-order valence-electron chi connectivity index (χ1n) is 10.6. The van der Waals surface area contributed by atoms with E-state index in [1.807, 2.05) is 30.3 Å². The van der Waals surface area contributed by atoms with Gasteiger partial charge in [0.25, 0.3) is 0 Å². The van der Waals surface area contributed by atoms with Crippen LogP contribution in [-0.2, 0) is 11.2 Å². The van der Waals surface area contributed by atoms with E-state index in [1.165, 1.54) is 5.69 Å². The minimum Gasteiger partial charge on any atom is -0.364 e. The van der Waals surface area contributed by atoms with Crippen molar-refractivity contribution in [2.75, 3.05) is 24.5 Å². The maximum Gasteiger partial charge on any atom is 0.222 e. The molecule has 154 valence electrons. The predicted octanol–water partition coefficient (Wildman–Crippen LogP) is 4.49. The number of piperidine rings is 1. The number of hydrogen-bond donors (Lipinski definition) is 0. The summed E-state index contributed by atoms with van der Waals surface area (Å²) in [7, 11) is 0. The van der Waals surface area contributed by atoms with Crippen molar-refractivity contribution in [3.05, 3.63) is 65.4 Å². The molecule has 3 aromatic rings. The number of carbonyl (C=O) groups excluding carboxylic acids is 1. The van der Waals surface area contributed by atoms with Gasteiger partial charge in [0.1, 0.15) is 0 Å². The van der Waals surface area contributed by atoms with Crippen LogP contribution in [0.15, 0.2) is 54.9 Å². The number of rotatable bonds is 4. The van der Waals surface area contributed by atoms with E-state index in [1.54, 1.807) is 12.4 Å². The van der Waals surface area contributed by atoms with Crippen molar-refractivity contribution in [2.45, 2.75) is 37.6 Å². The first kappa shape index (κ1) is 19.3. The second-order valence-corrected chi connectivity index (χ2v) is 8.84. The number of fused-ring (bicyclic) bond motifs is 1. The van der Waals surface area contributed by atoms with Crippen LogP contribution in [0.3, 0.4) is 0 Å². The van der Waals surface area contributed by atoms with Crippen LogP contribution in [0.2, 0.25) is 5.02 Å². The molecule has 5 rings (SSSR count). The number of nitrogens with zero attached hydrogens (tertiary/aromatic N) is 4. The monoisotopic (exact) mass is 420 g/mol. The van der Waals surface area contributed by atoms with E-state index in [2.05, 4.69) is 31.9 Å². The van der Waals surface area contributed by atoms with E-state index >= 15 is 0 Å². The van der Waals surface area contributed by atoms with Gasteiger partial charge in [-0.25, -0.2) is 0 Å². The van der Waals surface area contributed by atoms with E-state index in [0.29, 0.717) is 6.42 Å². The zero-order valence-electron chi connectivity index (χ0n) is 16.9. The van der Waals surface area contributed by atoms with Gasteiger partial charge in [0.2, 0.25) is 5.91 Å². The highest BCUT2D eigenvalue weighted by atomic mass is 35.5. The molecule has 0 unspecified atom stereocenters. The lowest BCUT2D eigenvalue weighted by Gasteiger charge is -2.58. The maximum absolute atomic E-state index is 12.9. The van der Waals surface area contributed by atoms with Gasteiger partial charge < -0.3 is 9.80 Å². The summed E-state index contributed by atoms with van der Waals surface area (Å²) in [5, 5.41) is 0.729. The fourth-order valence-electron chi connectivity index (χ4n) is 4.87. The number of benzene rings is 2. The number of aryl methyl sites for hydroxylation is 1. The number of anilines is 1. The van der Waals surface area contributed by atoms with Crippen LogP contribution in [0, 0.1) is 0 Å². The van der Waals surface area contributed by atoms with Crippen molar-refractivity contribution >= 4 is 34.2 Å². The molecule has 2 aromatic carbocycles. The zero-order valence-corrected chi connectivity index (χ0v) is 17.7. The molecular weight excluding hydrogens is 396 g/mol. The van der Waals surface area contributed by atoms with E-state index in [4.69, 9.17) is 11.6 Å². The quantitative estimate of drug-likeness (QED) is 0.624. The molecule has 30 heavy (non-hydrogen) atoms. The number of carbonyl (C=O) groups is 1. The Kier molecular flexibility index (Phi) is 5.07. The SMILES string of the molecule is O=C(CCc1ccc(Cl)cc1)N1CCC[C@]2(CCN2c2ccc3nccnc3c2)C1. The third-order valence-electron chi connectivity index (χ3n) is 6.59. The first-order valence-corrected chi connectivity index (χ1v) is 11.0. The highest BCUT2D eigenvalue weighted by Crippen LogP contribution is 2.42. The second-order valence-electron chi connectivity index (χ2n) is 8.40. The first-order chi connectivity index (χ1) is 14.6. The maximum atomic E-state index is 12.9. The van der Waals surface area contributed by atoms with E-state index in [-0.39, 0.29) is 11.4 Å². The largest absolute Gasteiger partial charge is 0.364 e. The summed E-state index contributed by atoms with van der Waals surface area (Å²) >= 11 is 5.96. The Balaban J connectivity index is 1.27. The average Bonchev–Trinajstić information content (AvgIpc) is 2.78. The van der Waals surface area contributed by atoms with Crippen molar-refractivity contribution < 1.29 is 4.79 Å². The molecule has 1 spiro atoms. The van der Waals surface area contributed by atoms with Gasteiger partial charge in [0.15, 0.2) is 0 Å². The zero-order chi connectivity index (χ0) is 20.6. The second kappa shape index (κ2) is 7.88. The molecule has 1 atom stereocenters. The molecule has 0 aliphatic carbocycles. The van der Waals surface area contributed by atoms with E-state index < -0.39 is 0 Å². The molecule has 3 heterocycles. The Bertz CT molecular complexity index is 1070. The highest BCUT2D eigenvalue weighted by Gasteiger charge is 2.48. The Morgan fingerprint density at radius 1 is 1.00 bits per heavy atom. The molecule has 0 bridgehead atoms. The molecule has 0 N–H and O–H groups in total.